The van der Waals surface area contributed by atoms with Gasteiger partial charge in [-0.15, -0.1) is 0 Å². The second kappa shape index (κ2) is 2.92. The van der Waals surface area contributed by atoms with E-state index in [0.29, 0.717) is 11.7 Å². The Kier molecular flexibility index (Phi) is 2.14. The lowest BCUT2D eigenvalue weighted by Gasteiger charge is -2.12. The molecule has 0 aromatic carbocycles. The van der Waals surface area contributed by atoms with Crippen LogP contribution in [0.4, 0.5) is 5.82 Å². The summed E-state index contributed by atoms with van der Waals surface area (Å²) in [5.74, 6) is 0.894. The average Bonchev–Trinajstić information content (AvgIpc) is 2.34. The highest BCUT2D eigenvalue weighted by molar-refractivity contribution is 5.29. The van der Waals surface area contributed by atoms with Crippen LogP contribution in [0.1, 0.15) is 25.6 Å². The van der Waals surface area contributed by atoms with Crippen LogP contribution in [0.3, 0.4) is 0 Å². The molecule has 0 bridgehead atoms. The molecule has 1 aromatic rings. The van der Waals surface area contributed by atoms with Crippen molar-refractivity contribution in [2.45, 2.75) is 19.9 Å². The maximum atomic E-state index is 5.82. The van der Waals surface area contributed by atoms with Crippen molar-refractivity contribution in [2.75, 3.05) is 5.73 Å². The smallest absolute Gasteiger partial charge is 0.145 e. The molecule has 0 aliphatic carbocycles. The fourth-order valence-electron chi connectivity index (χ4n) is 0.883. The Bertz CT molecular complexity index is 228. The van der Waals surface area contributed by atoms with Gasteiger partial charge in [0.2, 0.25) is 0 Å². The van der Waals surface area contributed by atoms with E-state index in [4.69, 9.17) is 11.5 Å². The van der Waals surface area contributed by atoms with Crippen LogP contribution in [-0.4, -0.2) is 10.2 Å². The number of rotatable bonds is 2. The van der Waals surface area contributed by atoms with E-state index < -0.39 is 0 Å². The van der Waals surface area contributed by atoms with Gasteiger partial charge in [0, 0.05) is 12.1 Å². The Balaban J connectivity index is 2.76. The third-order valence-corrected chi connectivity index (χ3v) is 1.69. The Morgan fingerprint density at radius 3 is 2.55 bits per heavy atom. The summed E-state index contributed by atoms with van der Waals surface area (Å²) in [6.07, 6.45) is 0. The molecule has 4 heteroatoms. The number of hydrogen-bond acceptors (Lipinski definition) is 3. The van der Waals surface area contributed by atoms with E-state index in [1.807, 2.05) is 0 Å². The molecule has 0 fully saturated rings. The number of hydrogen-bond donors (Lipinski definition) is 3. The van der Waals surface area contributed by atoms with Crippen molar-refractivity contribution >= 4 is 5.82 Å². The van der Waals surface area contributed by atoms with Gasteiger partial charge >= 0.3 is 0 Å². The summed E-state index contributed by atoms with van der Waals surface area (Å²) in [6.45, 7) is 4.11. The minimum absolute atomic E-state index is 0.000185. The van der Waals surface area contributed by atoms with Crippen LogP contribution in [0.2, 0.25) is 0 Å². The van der Waals surface area contributed by atoms with Gasteiger partial charge < -0.3 is 11.5 Å². The molecule has 5 N–H and O–H groups in total. The van der Waals surface area contributed by atoms with E-state index in [0.717, 1.165) is 5.69 Å². The Labute approximate surface area is 66.0 Å². The topological polar surface area (TPSA) is 80.7 Å². The van der Waals surface area contributed by atoms with Crippen molar-refractivity contribution in [3.8, 4) is 0 Å². The fraction of sp³-hybridized carbons (Fsp3) is 0.571. The first-order chi connectivity index (χ1) is 5.11. The lowest BCUT2D eigenvalue weighted by molar-refractivity contribution is 0.502. The summed E-state index contributed by atoms with van der Waals surface area (Å²) >= 11 is 0. The quantitative estimate of drug-likeness (QED) is 0.585. The molecular formula is C7H14N4. The number of nitrogens with zero attached hydrogens (tertiary/aromatic N) is 1. The van der Waals surface area contributed by atoms with E-state index in [1.165, 1.54) is 0 Å². The van der Waals surface area contributed by atoms with Gasteiger partial charge in [-0.05, 0) is 5.92 Å². The second-order valence-corrected chi connectivity index (χ2v) is 3.02. The van der Waals surface area contributed by atoms with Gasteiger partial charge in [0.25, 0.3) is 0 Å². The number of aromatic amines is 1. The van der Waals surface area contributed by atoms with Crippen LogP contribution >= 0.6 is 0 Å². The van der Waals surface area contributed by atoms with E-state index in [9.17, 15) is 0 Å². The first-order valence-corrected chi connectivity index (χ1v) is 3.67. The fourth-order valence-corrected chi connectivity index (χ4v) is 0.883. The first kappa shape index (κ1) is 8.07. The summed E-state index contributed by atoms with van der Waals surface area (Å²) in [4.78, 5) is 0. The van der Waals surface area contributed by atoms with Crippen LogP contribution in [0.25, 0.3) is 0 Å². The van der Waals surface area contributed by atoms with Crippen molar-refractivity contribution in [2.24, 2.45) is 11.7 Å². The lowest BCUT2D eigenvalue weighted by Crippen LogP contribution is -2.16. The summed E-state index contributed by atoms with van der Waals surface area (Å²) in [5, 5.41) is 6.58. The number of aromatic nitrogens is 2. The maximum absolute atomic E-state index is 5.82. The molecular weight excluding hydrogens is 140 g/mol. The highest BCUT2D eigenvalue weighted by Crippen LogP contribution is 2.17. The molecule has 1 aromatic heterocycles. The molecule has 0 aliphatic heterocycles. The minimum Gasteiger partial charge on any atom is -0.382 e. The normalized spacial score (nSPS) is 13.8. The largest absolute Gasteiger partial charge is 0.382 e. The molecule has 0 spiro atoms. The predicted octanol–water partition coefficient (Wildman–Crippen LogP) is 0.648. The Morgan fingerprint density at radius 1 is 1.55 bits per heavy atom. The van der Waals surface area contributed by atoms with Crippen molar-refractivity contribution in [1.29, 1.82) is 0 Å². The number of nitrogens with two attached hydrogens (primary N) is 2. The second-order valence-electron chi connectivity index (χ2n) is 3.02. The third-order valence-electron chi connectivity index (χ3n) is 1.69. The minimum atomic E-state index is -0.000185. The van der Waals surface area contributed by atoms with Crippen LogP contribution in [0.15, 0.2) is 6.07 Å². The average molecular weight is 154 g/mol. The van der Waals surface area contributed by atoms with Gasteiger partial charge in [0.05, 0.1) is 5.69 Å². The maximum Gasteiger partial charge on any atom is 0.145 e. The van der Waals surface area contributed by atoms with Crippen LogP contribution < -0.4 is 11.5 Å². The molecule has 0 radical (unpaired) electrons. The Morgan fingerprint density at radius 2 is 2.18 bits per heavy atom. The van der Waals surface area contributed by atoms with Gasteiger partial charge in [-0.3, -0.25) is 5.10 Å². The van der Waals surface area contributed by atoms with Crippen LogP contribution in [0.5, 0.6) is 0 Å². The molecule has 1 heterocycles. The molecule has 1 unspecified atom stereocenters. The number of nitrogen functional groups attached to an aromatic ring is 1. The van der Waals surface area contributed by atoms with Gasteiger partial charge in [0.15, 0.2) is 0 Å². The highest BCUT2D eigenvalue weighted by atomic mass is 15.2. The van der Waals surface area contributed by atoms with Gasteiger partial charge in [0.1, 0.15) is 5.82 Å². The van der Waals surface area contributed by atoms with E-state index in [2.05, 4.69) is 24.0 Å². The molecule has 0 aliphatic rings. The zero-order chi connectivity index (χ0) is 8.43. The van der Waals surface area contributed by atoms with Gasteiger partial charge in [-0.1, -0.05) is 13.8 Å². The van der Waals surface area contributed by atoms with Crippen molar-refractivity contribution in [3.63, 3.8) is 0 Å². The molecule has 4 nitrogen and oxygen atoms in total. The Hall–Kier alpha value is -1.03. The number of anilines is 1. The molecule has 1 atom stereocenters. The predicted molar refractivity (Wildman–Crippen MR) is 44.8 cm³/mol. The molecule has 11 heavy (non-hydrogen) atoms. The van der Waals surface area contributed by atoms with Gasteiger partial charge in [-0.25, -0.2) is 0 Å². The molecule has 62 valence electrons. The number of H-pyrrole nitrogens is 1. The molecule has 1 rings (SSSR count). The number of nitrogens with one attached hydrogen (secondary N) is 1. The standard InChI is InChI=1S/C7H14N4/c1-4(2)7(9)5-3-6(8)11-10-5/h3-4,7H,9H2,1-2H3,(H3,8,10,11). The SMILES string of the molecule is CC(C)C(N)c1cc(N)n[nH]1. The summed E-state index contributed by atoms with van der Waals surface area (Å²) in [6, 6.07) is 1.77. The summed E-state index contributed by atoms with van der Waals surface area (Å²) in [5.41, 5.74) is 12.1. The van der Waals surface area contributed by atoms with E-state index in [-0.39, 0.29) is 6.04 Å². The van der Waals surface area contributed by atoms with Crippen LogP contribution in [0, 0.1) is 5.92 Å². The van der Waals surface area contributed by atoms with Crippen molar-refractivity contribution in [1.82, 2.24) is 10.2 Å². The zero-order valence-electron chi connectivity index (χ0n) is 6.83. The summed E-state index contributed by atoms with van der Waals surface area (Å²) < 4.78 is 0. The monoisotopic (exact) mass is 154 g/mol. The molecule has 0 saturated heterocycles. The van der Waals surface area contributed by atoms with Crippen LogP contribution in [-0.2, 0) is 0 Å². The molecule has 0 amide bonds. The highest BCUT2D eigenvalue weighted by Gasteiger charge is 2.11. The lowest BCUT2D eigenvalue weighted by atomic mass is 10.0. The van der Waals surface area contributed by atoms with E-state index in [1.54, 1.807) is 6.07 Å². The first-order valence-electron chi connectivity index (χ1n) is 3.67. The van der Waals surface area contributed by atoms with Gasteiger partial charge in [-0.2, -0.15) is 5.10 Å². The van der Waals surface area contributed by atoms with Crippen molar-refractivity contribution in [3.05, 3.63) is 11.8 Å². The third kappa shape index (κ3) is 1.71. The summed E-state index contributed by atoms with van der Waals surface area (Å²) in [7, 11) is 0. The zero-order valence-corrected chi connectivity index (χ0v) is 6.83. The van der Waals surface area contributed by atoms with Crippen molar-refractivity contribution < 1.29 is 0 Å². The molecule has 0 saturated carbocycles. The van der Waals surface area contributed by atoms with E-state index >= 15 is 0 Å².